The third kappa shape index (κ3) is 3.16. The zero-order chi connectivity index (χ0) is 18.8. The molecule has 2 aromatic carbocycles. The third-order valence-electron chi connectivity index (χ3n) is 3.69. The van der Waals surface area contributed by atoms with Gasteiger partial charge in [0, 0.05) is 10.9 Å². The fourth-order valence-corrected chi connectivity index (χ4v) is 3.27. The third-order valence-corrected chi connectivity index (χ3v) is 5.78. The second kappa shape index (κ2) is 7.40. The molecule has 6 nitrogen and oxygen atoms in total. The van der Waals surface area contributed by atoms with Gasteiger partial charge in [0.25, 0.3) is 0 Å². The molecule has 1 N–H and O–H groups in total. The predicted octanol–water partition coefficient (Wildman–Crippen LogP) is 4.81. The summed E-state index contributed by atoms with van der Waals surface area (Å²) in [6, 6.07) is 8.01. The van der Waals surface area contributed by atoms with Crippen LogP contribution in [0.1, 0.15) is 15.9 Å². The molecule has 0 saturated heterocycles. The lowest BCUT2D eigenvalue weighted by molar-refractivity contribution is 0.103. The number of furan rings is 1. The van der Waals surface area contributed by atoms with Crippen molar-refractivity contribution in [3.8, 4) is 23.3 Å². The summed E-state index contributed by atoms with van der Waals surface area (Å²) in [5.41, 5.74) is 1.06. The van der Waals surface area contributed by atoms with Gasteiger partial charge in [-0.1, -0.05) is 0 Å². The van der Waals surface area contributed by atoms with Gasteiger partial charge in [-0.15, -0.1) is 0 Å². The Hall–Kier alpha value is -2.50. The average molecular weight is 481 g/mol. The minimum Gasteiger partial charge on any atom is -0.507 e. The number of benzene rings is 2. The standard InChI is InChI=1S/C18H11Br2NO5/c1-24-13-3-2-9(6-14(13)25-5-4-21)17(23)11-8-26-18-10(11)7-12(22)15(19)16(18)20/h2-3,6-8,22H,5H2,1H3. The summed E-state index contributed by atoms with van der Waals surface area (Å²) < 4.78 is 16.9. The van der Waals surface area contributed by atoms with E-state index in [1.54, 1.807) is 12.1 Å². The molecule has 0 aliphatic rings. The number of carbonyl (C=O) groups excluding carboxylic acids is 1. The summed E-state index contributed by atoms with van der Waals surface area (Å²) in [6.07, 6.45) is 1.34. The van der Waals surface area contributed by atoms with E-state index >= 15 is 0 Å². The molecule has 0 bridgehead atoms. The fraction of sp³-hybridized carbons (Fsp3) is 0.111. The van der Waals surface area contributed by atoms with Gasteiger partial charge < -0.3 is 19.0 Å². The molecule has 0 saturated carbocycles. The van der Waals surface area contributed by atoms with E-state index in [0.29, 0.717) is 42.5 Å². The van der Waals surface area contributed by atoms with Gasteiger partial charge in [-0.05, 0) is 56.1 Å². The van der Waals surface area contributed by atoms with E-state index in [0.717, 1.165) is 0 Å². The fourth-order valence-electron chi connectivity index (χ4n) is 2.46. The Morgan fingerprint density at radius 2 is 2.04 bits per heavy atom. The zero-order valence-electron chi connectivity index (χ0n) is 13.4. The molecule has 1 aromatic heterocycles. The number of aromatic hydroxyl groups is 1. The number of hydrogen-bond acceptors (Lipinski definition) is 6. The van der Waals surface area contributed by atoms with Crippen molar-refractivity contribution in [3.05, 3.63) is 50.6 Å². The second-order valence-electron chi connectivity index (χ2n) is 5.19. The van der Waals surface area contributed by atoms with Crippen molar-refractivity contribution in [2.75, 3.05) is 13.7 Å². The number of ether oxygens (including phenoxy) is 2. The van der Waals surface area contributed by atoms with E-state index < -0.39 is 0 Å². The molecular formula is C18H11Br2NO5. The van der Waals surface area contributed by atoms with Crippen molar-refractivity contribution in [2.45, 2.75) is 0 Å². The van der Waals surface area contributed by atoms with Gasteiger partial charge in [-0.25, -0.2) is 0 Å². The quantitative estimate of drug-likeness (QED) is 0.527. The first-order valence-corrected chi connectivity index (χ1v) is 8.87. The monoisotopic (exact) mass is 479 g/mol. The highest BCUT2D eigenvalue weighted by molar-refractivity contribution is 9.13. The molecule has 3 rings (SSSR count). The number of halogens is 2. The number of nitrogens with zero attached hydrogens (tertiary/aromatic N) is 1. The van der Waals surface area contributed by atoms with E-state index in [2.05, 4.69) is 31.9 Å². The van der Waals surface area contributed by atoms with Crippen LogP contribution >= 0.6 is 31.9 Å². The molecule has 0 fully saturated rings. The van der Waals surface area contributed by atoms with Crippen molar-refractivity contribution >= 4 is 48.6 Å². The molecule has 0 spiro atoms. The predicted molar refractivity (Wildman–Crippen MR) is 101 cm³/mol. The maximum Gasteiger partial charge on any atom is 0.197 e. The Morgan fingerprint density at radius 3 is 2.73 bits per heavy atom. The molecule has 0 amide bonds. The van der Waals surface area contributed by atoms with Crippen LogP contribution in [0, 0.1) is 11.3 Å². The summed E-state index contributed by atoms with van der Waals surface area (Å²) in [5, 5.41) is 19.2. The molecule has 0 atom stereocenters. The van der Waals surface area contributed by atoms with Crippen LogP contribution in [-0.2, 0) is 0 Å². The topological polar surface area (TPSA) is 92.7 Å². The number of phenols is 1. The van der Waals surface area contributed by atoms with Crippen molar-refractivity contribution in [3.63, 3.8) is 0 Å². The van der Waals surface area contributed by atoms with E-state index in [9.17, 15) is 9.90 Å². The molecular weight excluding hydrogens is 470 g/mol. The molecule has 3 aromatic rings. The van der Waals surface area contributed by atoms with Crippen LogP contribution < -0.4 is 9.47 Å². The lowest BCUT2D eigenvalue weighted by Crippen LogP contribution is -2.03. The molecule has 132 valence electrons. The average Bonchev–Trinajstić information content (AvgIpc) is 3.07. The molecule has 0 aliphatic carbocycles. The van der Waals surface area contributed by atoms with Crippen LogP contribution in [0.4, 0.5) is 0 Å². The van der Waals surface area contributed by atoms with Gasteiger partial charge in [0.15, 0.2) is 23.9 Å². The summed E-state index contributed by atoms with van der Waals surface area (Å²) in [5.74, 6) is 0.368. The minimum atomic E-state index is -0.318. The van der Waals surface area contributed by atoms with E-state index in [1.807, 2.05) is 6.07 Å². The summed E-state index contributed by atoms with van der Waals surface area (Å²) in [6.45, 7) is -0.169. The SMILES string of the molecule is COc1ccc(C(=O)c2coc3c(Br)c(Br)c(O)cc23)cc1OCC#N. The maximum atomic E-state index is 12.9. The Labute approximate surface area is 165 Å². The molecule has 0 aliphatic heterocycles. The van der Waals surface area contributed by atoms with Crippen LogP contribution in [-0.4, -0.2) is 24.6 Å². The van der Waals surface area contributed by atoms with Crippen molar-refractivity contribution in [2.24, 2.45) is 0 Å². The van der Waals surface area contributed by atoms with Gasteiger partial charge in [-0.2, -0.15) is 5.26 Å². The molecule has 26 heavy (non-hydrogen) atoms. The lowest BCUT2D eigenvalue weighted by atomic mass is 10.0. The number of ketones is 1. The molecule has 1 heterocycles. The minimum absolute atomic E-state index is 0.0207. The number of rotatable bonds is 5. The highest BCUT2D eigenvalue weighted by Gasteiger charge is 2.21. The number of methoxy groups -OCH3 is 1. The van der Waals surface area contributed by atoms with Crippen molar-refractivity contribution in [1.29, 1.82) is 5.26 Å². The van der Waals surface area contributed by atoms with Crippen LogP contribution in [0.2, 0.25) is 0 Å². The van der Waals surface area contributed by atoms with Crippen LogP contribution in [0.15, 0.2) is 43.9 Å². The number of hydrogen-bond donors (Lipinski definition) is 1. The van der Waals surface area contributed by atoms with Gasteiger partial charge in [0.05, 0.1) is 21.6 Å². The van der Waals surface area contributed by atoms with Gasteiger partial charge in [-0.3, -0.25) is 4.79 Å². The van der Waals surface area contributed by atoms with Gasteiger partial charge >= 0.3 is 0 Å². The molecule has 0 unspecified atom stereocenters. The Bertz CT molecular complexity index is 1050. The highest BCUT2D eigenvalue weighted by atomic mass is 79.9. The maximum absolute atomic E-state index is 12.9. The summed E-state index contributed by atoms with van der Waals surface area (Å²) in [7, 11) is 1.47. The van der Waals surface area contributed by atoms with Crippen LogP contribution in [0.5, 0.6) is 17.2 Å². The Kier molecular flexibility index (Phi) is 5.20. The molecule has 0 radical (unpaired) electrons. The van der Waals surface area contributed by atoms with Crippen molar-refractivity contribution < 1.29 is 23.8 Å². The first-order chi connectivity index (χ1) is 12.5. The highest BCUT2D eigenvalue weighted by Crippen LogP contribution is 2.41. The van der Waals surface area contributed by atoms with Crippen LogP contribution in [0.3, 0.4) is 0 Å². The van der Waals surface area contributed by atoms with E-state index in [1.165, 1.54) is 25.5 Å². The largest absolute Gasteiger partial charge is 0.507 e. The zero-order valence-corrected chi connectivity index (χ0v) is 16.5. The van der Waals surface area contributed by atoms with E-state index in [4.69, 9.17) is 19.2 Å². The van der Waals surface area contributed by atoms with Crippen molar-refractivity contribution in [1.82, 2.24) is 0 Å². The number of fused-ring (bicyclic) bond motifs is 1. The lowest BCUT2D eigenvalue weighted by Gasteiger charge is -2.10. The normalized spacial score (nSPS) is 10.5. The van der Waals surface area contributed by atoms with Crippen LogP contribution in [0.25, 0.3) is 11.0 Å². The number of nitriles is 1. The Balaban J connectivity index is 2.08. The summed E-state index contributed by atoms with van der Waals surface area (Å²) in [4.78, 5) is 12.9. The summed E-state index contributed by atoms with van der Waals surface area (Å²) >= 11 is 6.57. The molecule has 8 heteroatoms. The number of phenolic OH excluding ortho intramolecular Hbond substituents is 1. The van der Waals surface area contributed by atoms with Gasteiger partial charge in [0.1, 0.15) is 23.7 Å². The van der Waals surface area contributed by atoms with E-state index in [-0.39, 0.29) is 18.1 Å². The first-order valence-electron chi connectivity index (χ1n) is 7.28. The number of carbonyl (C=O) groups is 1. The van der Waals surface area contributed by atoms with Gasteiger partial charge in [0.2, 0.25) is 0 Å². The smallest absolute Gasteiger partial charge is 0.197 e. The Morgan fingerprint density at radius 1 is 1.27 bits per heavy atom. The second-order valence-corrected chi connectivity index (χ2v) is 6.78. The first kappa shape index (κ1) is 18.3.